The third-order valence-corrected chi connectivity index (χ3v) is 3.68. The second-order valence-electron chi connectivity index (χ2n) is 5.70. The van der Waals surface area contributed by atoms with Gasteiger partial charge in [0.25, 0.3) is 0 Å². The maximum Gasteiger partial charge on any atom is 0.130 e. The molecular weight excluding hydrogens is 238 g/mol. The van der Waals surface area contributed by atoms with Crippen molar-refractivity contribution in [2.24, 2.45) is 17.0 Å². The summed E-state index contributed by atoms with van der Waals surface area (Å²) in [5, 5.41) is 10.7. The fraction of sp³-hybridized carbons (Fsp3) is 0.571. The molecule has 100 valence electrons. The van der Waals surface area contributed by atoms with E-state index in [0.717, 1.165) is 21.7 Å². The molecule has 0 aliphatic carbocycles. The van der Waals surface area contributed by atoms with Crippen LogP contribution >= 0.6 is 0 Å². The van der Waals surface area contributed by atoms with Gasteiger partial charge < -0.3 is 0 Å². The van der Waals surface area contributed by atoms with E-state index in [1.165, 1.54) is 11.1 Å². The quantitative estimate of drug-likeness (QED) is 0.817. The normalized spacial score (nSPS) is 14.1. The highest BCUT2D eigenvalue weighted by atomic mass is 15.4. The van der Waals surface area contributed by atoms with E-state index in [1.807, 2.05) is 11.7 Å². The minimum absolute atomic E-state index is 0.367. The summed E-state index contributed by atoms with van der Waals surface area (Å²) in [5.74, 6) is 0.748. The predicted molar refractivity (Wildman–Crippen MR) is 73.9 cm³/mol. The smallest absolute Gasteiger partial charge is 0.130 e. The van der Waals surface area contributed by atoms with Crippen LogP contribution in [0.5, 0.6) is 0 Å². The van der Waals surface area contributed by atoms with Crippen LogP contribution in [0.25, 0.3) is 11.0 Å². The van der Waals surface area contributed by atoms with Crippen LogP contribution in [0.3, 0.4) is 0 Å². The highest BCUT2D eigenvalue weighted by Crippen LogP contribution is 2.25. The van der Waals surface area contributed by atoms with Crippen LogP contribution in [0.1, 0.15) is 50.7 Å². The number of rotatable bonds is 2. The maximum absolute atomic E-state index is 4.60. The molecule has 2 aromatic rings. The van der Waals surface area contributed by atoms with E-state index in [0.29, 0.717) is 18.5 Å². The van der Waals surface area contributed by atoms with Crippen LogP contribution in [0.15, 0.2) is 9.98 Å². The first kappa shape index (κ1) is 12.3. The molecule has 1 aromatic carbocycles. The minimum Gasteiger partial charge on any atom is -0.259 e. The van der Waals surface area contributed by atoms with Crippen LogP contribution in [-0.2, 0) is 7.05 Å². The van der Waals surface area contributed by atoms with Gasteiger partial charge in [0.1, 0.15) is 12.2 Å². The molecule has 0 radical (unpaired) electrons. The third kappa shape index (κ3) is 1.60. The Labute approximate surface area is 112 Å². The molecule has 1 aromatic heterocycles. The highest BCUT2D eigenvalue weighted by molar-refractivity contribution is 5.82. The zero-order valence-corrected chi connectivity index (χ0v) is 12.1. The molecule has 19 heavy (non-hydrogen) atoms. The van der Waals surface area contributed by atoms with E-state index in [-0.39, 0.29) is 0 Å². The summed E-state index contributed by atoms with van der Waals surface area (Å²) in [5.41, 5.74) is 4.51. The van der Waals surface area contributed by atoms with Crippen LogP contribution in [0.2, 0.25) is 0 Å². The van der Waals surface area contributed by atoms with Gasteiger partial charge in [-0.1, -0.05) is 32.9 Å². The van der Waals surface area contributed by atoms with Crippen molar-refractivity contribution in [3.05, 3.63) is 21.8 Å². The Kier molecular flexibility index (Phi) is 2.66. The molecule has 0 fully saturated rings. The molecule has 0 amide bonds. The van der Waals surface area contributed by atoms with Crippen molar-refractivity contribution in [2.45, 2.75) is 39.5 Å². The van der Waals surface area contributed by atoms with E-state index >= 15 is 0 Å². The Morgan fingerprint density at radius 3 is 2.11 bits per heavy atom. The first-order chi connectivity index (χ1) is 9.02. The molecule has 0 atom stereocenters. The molecule has 2 heterocycles. The molecule has 0 saturated heterocycles. The van der Waals surface area contributed by atoms with Gasteiger partial charge in [0.2, 0.25) is 0 Å². The van der Waals surface area contributed by atoms with Crippen LogP contribution in [0.4, 0.5) is 0 Å². The van der Waals surface area contributed by atoms with Gasteiger partial charge in [-0.3, -0.25) is 9.98 Å². The van der Waals surface area contributed by atoms with Crippen molar-refractivity contribution in [2.75, 3.05) is 6.67 Å². The fourth-order valence-corrected chi connectivity index (χ4v) is 2.91. The fourth-order valence-electron chi connectivity index (χ4n) is 2.91. The van der Waals surface area contributed by atoms with E-state index in [1.54, 1.807) is 0 Å². The van der Waals surface area contributed by atoms with Crippen LogP contribution in [0, 0.1) is 0 Å². The SMILES string of the molecule is CC(C)c1c2c(c(C(C)C)c3c1nnn3C)=NCN=2. The number of fused-ring (bicyclic) bond motifs is 2. The first-order valence-electron chi connectivity index (χ1n) is 6.76. The molecule has 5 heteroatoms. The maximum atomic E-state index is 4.60. The minimum atomic E-state index is 0.367. The van der Waals surface area contributed by atoms with Gasteiger partial charge in [0.15, 0.2) is 0 Å². The van der Waals surface area contributed by atoms with Crippen molar-refractivity contribution >= 4 is 11.0 Å². The van der Waals surface area contributed by atoms with Crippen molar-refractivity contribution in [1.29, 1.82) is 0 Å². The van der Waals surface area contributed by atoms with Gasteiger partial charge in [-0.15, -0.1) is 5.10 Å². The molecule has 1 aliphatic heterocycles. The summed E-state index contributed by atoms with van der Waals surface area (Å²) in [6.07, 6.45) is 0. The molecular formula is C14H19N5. The number of aromatic nitrogens is 3. The molecule has 3 rings (SSSR count). The van der Waals surface area contributed by atoms with Crippen molar-refractivity contribution in [1.82, 2.24) is 15.0 Å². The number of aryl methyl sites for hydroxylation is 1. The average molecular weight is 257 g/mol. The largest absolute Gasteiger partial charge is 0.259 e. The lowest BCUT2D eigenvalue weighted by Gasteiger charge is -2.12. The summed E-state index contributed by atoms with van der Waals surface area (Å²) in [7, 11) is 1.95. The number of hydrogen-bond donors (Lipinski definition) is 0. The van der Waals surface area contributed by atoms with E-state index < -0.39 is 0 Å². The molecule has 0 spiro atoms. The number of hydrogen-bond acceptors (Lipinski definition) is 4. The summed E-state index contributed by atoms with van der Waals surface area (Å²) in [6.45, 7) is 9.26. The Morgan fingerprint density at radius 2 is 1.53 bits per heavy atom. The Morgan fingerprint density at radius 1 is 0.947 bits per heavy atom. The molecule has 0 saturated carbocycles. The first-order valence-corrected chi connectivity index (χ1v) is 6.76. The summed E-state index contributed by atoms with van der Waals surface area (Å²) in [6, 6.07) is 0. The third-order valence-electron chi connectivity index (χ3n) is 3.68. The lowest BCUT2D eigenvalue weighted by Crippen LogP contribution is -2.32. The van der Waals surface area contributed by atoms with Crippen molar-refractivity contribution in [3.8, 4) is 0 Å². The summed E-state index contributed by atoms with van der Waals surface area (Å²) >= 11 is 0. The summed E-state index contributed by atoms with van der Waals surface area (Å²) < 4.78 is 1.87. The van der Waals surface area contributed by atoms with E-state index in [4.69, 9.17) is 0 Å². The van der Waals surface area contributed by atoms with Gasteiger partial charge in [0.05, 0.1) is 16.2 Å². The Balaban J connectivity index is 2.62. The lowest BCUT2D eigenvalue weighted by atomic mass is 9.93. The second kappa shape index (κ2) is 4.11. The Hall–Kier alpha value is -1.78. The highest BCUT2D eigenvalue weighted by Gasteiger charge is 2.22. The van der Waals surface area contributed by atoms with E-state index in [2.05, 4.69) is 48.0 Å². The lowest BCUT2D eigenvalue weighted by molar-refractivity contribution is 0.727. The van der Waals surface area contributed by atoms with E-state index in [9.17, 15) is 0 Å². The molecule has 5 nitrogen and oxygen atoms in total. The molecule has 0 N–H and O–H groups in total. The van der Waals surface area contributed by atoms with Gasteiger partial charge in [-0.2, -0.15) is 0 Å². The van der Waals surface area contributed by atoms with Gasteiger partial charge in [-0.05, 0) is 11.8 Å². The van der Waals surface area contributed by atoms with Gasteiger partial charge in [0, 0.05) is 18.2 Å². The zero-order valence-electron chi connectivity index (χ0n) is 12.1. The number of benzene rings is 1. The molecule has 0 bridgehead atoms. The van der Waals surface area contributed by atoms with Gasteiger partial charge in [-0.25, -0.2) is 4.68 Å². The predicted octanol–water partition coefficient (Wildman–Crippen LogP) is 1.43. The topological polar surface area (TPSA) is 55.4 Å². The second-order valence-corrected chi connectivity index (χ2v) is 5.70. The van der Waals surface area contributed by atoms with Crippen LogP contribution < -0.4 is 10.7 Å². The standard InChI is InChI=1S/C14H19N5/c1-7(2)9-11-12(16-6-15-11)10(8(3)4)14-13(9)17-18-19(14)5/h7-8H,6H2,1-5H3. The number of nitrogens with zero attached hydrogens (tertiary/aromatic N) is 5. The van der Waals surface area contributed by atoms with Crippen LogP contribution in [-0.4, -0.2) is 21.7 Å². The van der Waals surface area contributed by atoms with Crippen molar-refractivity contribution < 1.29 is 0 Å². The zero-order chi connectivity index (χ0) is 13.7. The Bertz CT molecular complexity index is 767. The molecule has 0 unspecified atom stereocenters. The molecule has 1 aliphatic rings. The van der Waals surface area contributed by atoms with Crippen molar-refractivity contribution in [3.63, 3.8) is 0 Å². The average Bonchev–Trinajstić information content (AvgIpc) is 2.93. The monoisotopic (exact) mass is 257 g/mol. The van der Waals surface area contributed by atoms with Gasteiger partial charge >= 0.3 is 0 Å². The summed E-state index contributed by atoms with van der Waals surface area (Å²) in [4.78, 5) is 9.18.